The summed E-state index contributed by atoms with van der Waals surface area (Å²) in [6.07, 6.45) is 0. The Bertz CT molecular complexity index is 99.7. The summed E-state index contributed by atoms with van der Waals surface area (Å²) in [6.45, 7) is 2.18. The molecule has 0 aliphatic carbocycles. The van der Waals surface area contributed by atoms with Gasteiger partial charge in [0.25, 0.3) is 0 Å². The molecular formula is C6H11NOS. The molecule has 9 heavy (non-hydrogen) atoms. The van der Waals surface area contributed by atoms with Gasteiger partial charge in [-0.05, 0) is 11.7 Å². The van der Waals surface area contributed by atoms with Gasteiger partial charge in [0.2, 0.25) is 0 Å². The van der Waals surface area contributed by atoms with Crippen molar-refractivity contribution in [1.29, 1.82) is 5.26 Å². The Balaban J connectivity index is 2.99. The van der Waals surface area contributed by atoms with Crippen molar-refractivity contribution in [1.82, 2.24) is 0 Å². The Morgan fingerprint density at radius 3 is 2.89 bits per heavy atom. The fourth-order valence-electron chi connectivity index (χ4n) is 0.358. The summed E-state index contributed by atoms with van der Waals surface area (Å²) in [7, 11) is 0. The Labute approximate surface area is 59.9 Å². The van der Waals surface area contributed by atoms with Gasteiger partial charge in [-0.1, -0.05) is 6.92 Å². The number of hydrogen-bond donors (Lipinski definition) is 1. The fraction of sp³-hybridized carbons (Fsp3) is 0.833. The zero-order valence-corrected chi connectivity index (χ0v) is 6.32. The van der Waals surface area contributed by atoms with E-state index in [2.05, 4.69) is 0 Å². The summed E-state index contributed by atoms with van der Waals surface area (Å²) in [5, 5.41) is 16.7. The molecule has 1 atom stereocenters. The molecule has 0 aliphatic rings. The molecule has 0 aromatic carbocycles. The first-order chi connectivity index (χ1) is 4.31. The molecular weight excluding hydrogens is 134 g/mol. The highest BCUT2D eigenvalue weighted by Crippen LogP contribution is 2.05. The first-order valence-electron chi connectivity index (χ1n) is 2.86. The van der Waals surface area contributed by atoms with Crippen LogP contribution in [0.15, 0.2) is 0 Å². The average molecular weight is 145 g/mol. The first-order valence-corrected chi connectivity index (χ1v) is 4.02. The molecule has 0 saturated heterocycles. The Morgan fingerprint density at radius 2 is 2.44 bits per heavy atom. The molecule has 1 unspecified atom stereocenters. The second kappa shape index (κ2) is 5.93. The summed E-state index contributed by atoms with van der Waals surface area (Å²) in [5.41, 5.74) is 0. The van der Waals surface area contributed by atoms with Crippen LogP contribution in [0.2, 0.25) is 0 Å². The summed E-state index contributed by atoms with van der Waals surface area (Å²) >= 11 is 1.56. The predicted octanol–water partition coefficient (Wildman–Crippen LogP) is 0.872. The molecule has 0 aromatic heterocycles. The van der Waals surface area contributed by atoms with Crippen molar-refractivity contribution in [2.24, 2.45) is 5.92 Å². The van der Waals surface area contributed by atoms with E-state index in [1.165, 1.54) is 0 Å². The van der Waals surface area contributed by atoms with Gasteiger partial charge in [-0.15, -0.1) is 11.8 Å². The minimum absolute atomic E-state index is 0.221. The van der Waals surface area contributed by atoms with Crippen molar-refractivity contribution in [3.63, 3.8) is 0 Å². The van der Waals surface area contributed by atoms with Crippen LogP contribution in [-0.4, -0.2) is 23.2 Å². The highest BCUT2D eigenvalue weighted by Gasteiger charge is 1.97. The number of thioether (sulfide) groups is 1. The van der Waals surface area contributed by atoms with E-state index in [-0.39, 0.29) is 6.61 Å². The average Bonchev–Trinajstić information content (AvgIpc) is 1.89. The lowest BCUT2D eigenvalue weighted by Gasteiger charge is -2.02. The lowest BCUT2D eigenvalue weighted by molar-refractivity contribution is 0.250. The Hall–Kier alpha value is -0.200. The predicted molar refractivity (Wildman–Crippen MR) is 39.2 cm³/mol. The third-order valence-electron chi connectivity index (χ3n) is 0.881. The van der Waals surface area contributed by atoms with E-state index in [0.717, 1.165) is 5.75 Å². The molecule has 0 fully saturated rings. The van der Waals surface area contributed by atoms with Gasteiger partial charge in [-0.3, -0.25) is 0 Å². The molecule has 0 aromatic rings. The van der Waals surface area contributed by atoms with Crippen LogP contribution >= 0.6 is 11.8 Å². The van der Waals surface area contributed by atoms with Gasteiger partial charge < -0.3 is 5.11 Å². The second-order valence-corrected chi connectivity index (χ2v) is 2.99. The van der Waals surface area contributed by atoms with Crippen molar-refractivity contribution in [2.75, 3.05) is 18.1 Å². The van der Waals surface area contributed by atoms with Crippen LogP contribution in [0.3, 0.4) is 0 Å². The third-order valence-corrected chi connectivity index (χ3v) is 2.02. The van der Waals surface area contributed by atoms with E-state index < -0.39 is 0 Å². The molecule has 0 aliphatic heterocycles. The highest BCUT2D eigenvalue weighted by molar-refractivity contribution is 7.99. The number of nitrogens with zero attached hydrogens (tertiary/aromatic N) is 1. The molecule has 2 nitrogen and oxygen atoms in total. The van der Waals surface area contributed by atoms with Crippen molar-refractivity contribution >= 4 is 11.8 Å². The minimum Gasteiger partial charge on any atom is -0.396 e. The minimum atomic E-state index is 0.221. The zero-order chi connectivity index (χ0) is 7.11. The summed E-state index contributed by atoms with van der Waals surface area (Å²) in [4.78, 5) is 0. The quantitative estimate of drug-likeness (QED) is 0.597. The van der Waals surface area contributed by atoms with Gasteiger partial charge in [0.05, 0.1) is 11.8 Å². The second-order valence-electron chi connectivity index (χ2n) is 1.96. The number of hydrogen-bond acceptors (Lipinski definition) is 3. The van der Waals surface area contributed by atoms with E-state index in [4.69, 9.17) is 10.4 Å². The largest absolute Gasteiger partial charge is 0.396 e. The van der Waals surface area contributed by atoms with Gasteiger partial charge in [-0.25, -0.2) is 0 Å². The highest BCUT2D eigenvalue weighted by atomic mass is 32.2. The summed E-state index contributed by atoms with van der Waals surface area (Å²) < 4.78 is 0. The van der Waals surface area contributed by atoms with E-state index in [1.54, 1.807) is 11.8 Å². The van der Waals surface area contributed by atoms with Crippen molar-refractivity contribution in [3.8, 4) is 6.07 Å². The van der Waals surface area contributed by atoms with Crippen molar-refractivity contribution < 1.29 is 5.11 Å². The summed E-state index contributed by atoms with van der Waals surface area (Å²) in [5.74, 6) is 1.73. The number of aliphatic hydroxyl groups excluding tert-OH is 1. The van der Waals surface area contributed by atoms with Crippen LogP contribution in [0.25, 0.3) is 0 Å². The number of nitriles is 1. The molecule has 0 saturated carbocycles. The van der Waals surface area contributed by atoms with E-state index in [9.17, 15) is 0 Å². The maximum atomic E-state index is 8.54. The lowest BCUT2D eigenvalue weighted by Crippen LogP contribution is -2.03. The topological polar surface area (TPSA) is 44.0 Å². The molecule has 3 heteroatoms. The van der Waals surface area contributed by atoms with Crippen LogP contribution in [0.5, 0.6) is 0 Å². The standard InChI is InChI=1S/C6H11NOS/c1-6(4-8)5-9-3-2-7/h6,8H,3-5H2,1H3. The molecule has 1 N–H and O–H groups in total. The smallest absolute Gasteiger partial charge is 0.0808 e. The molecule has 0 spiro atoms. The fourth-order valence-corrected chi connectivity index (χ4v) is 1.08. The molecule has 0 amide bonds. The number of aliphatic hydroxyl groups is 1. The van der Waals surface area contributed by atoms with Crippen molar-refractivity contribution in [2.45, 2.75) is 6.92 Å². The third kappa shape index (κ3) is 5.67. The number of rotatable bonds is 4. The van der Waals surface area contributed by atoms with Crippen LogP contribution in [0.4, 0.5) is 0 Å². The molecule has 0 radical (unpaired) electrons. The van der Waals surface area contributed by atoms with Crippen molar-refractivity contribution in [3.05, 3.63) is 0 Å². The first kappa shape index (κ1) is 8.80. The van der Waals surface area contributed by atoms with Gasteiger partial charge in [0.15, 0.2) is 0 Å². The van der Waals surface area contributed by atoms with E-state index in [0.29, 0.717) is 11.7 Å². The maximum Gasteiger partial charge on any atom is 0.0808 e. The van der Waals surface area contributed by atoms with Crippen LogP contribution in [0, 0.1) is 17.2 Å². The van der Waals surface area contributed by atoms with Gasteiger partial charge in [-0.2, -0.15) is 5.26 Å². The molecule has 52 valence electrons. The monoisotopic (exact) mass is 145 g/mol. The van der Waals surface area contributed by atoms with Gasteiger partial charge >= 0.3 is 0 Å². The zero-order valence-electron chi connectivity index (χ0n) is 5.50. The molecule has 0 rings (SSSR count). The SMILES string of the molecule is CC(CO)CSCC#N. The Kier molecular flexibility index (Phi) is 5.80. The van der Waals surface area contributed by atoms with E-state index >= 15 is 0 Å². The molecule has 0 heterocycles. The van der Waals surface area contributed by atoms with Crippen LogP contribution in [-0.2, 0) is 0 Å². The van der Waals surface area contributed by atoms with Gasteiger partial charge in [0, 0.05) is 6.61 Å². The van der Waals surface area contributed by atoms with Crippen LogP contribution in [0.1, 0.15) is 6.92 Å². The Morgan fingerprint density at radius 1 is 1.78 bits per heavy atom. The summed E-state index contributed by atoms with van der Waals surface area (Å²) in [6, 6.07) is 2.03. The molecule has 0 bridgehead atoms. The van der Waals surface area contributed by atoms with Crippen LogP contribution < -0.4 is 0 Å². The maximum absolute atomic E-state index is 8.54. The normalized spacial score (nSPS) is 12.6. The van der Waals surface area contributed by atoms with E-state index in [1.807, 2.05) is 13.0 Å². The van der Waals surface area contributed by atoms with Gasteiger partial charge in [0.1, 0.15) is 0 Å². The lowest BCUT2D eigenvalue weighted by atomic mass is 10.2.